The summed E-state index contributed by atoms with van der Waals surface area (Å²) in [5.74, 6) is 4.82. The SMILES string of the molecule is COC(=O)c1nc(NCCCCCN(C)C)sc1CCCOc1ccc(C#CCN(C)C(=O)OC(C)(C)C)cc1F. The summed E-state index contributed by atoms with van der Waals surface area (Å²) < 4.78 is 30.4. The second-order valence-electron chi connectivity index (χ2n) is 10.8. The number of ether oxygens (including phenoxy) is 3. The molecule has 1 aromatic carbocycles. The van der Waals surface area contributed by atoms with Crippen LogP contribution in [0.5, 0.6) is 5.75 Å². The van der Waals surface area contributed by atoms with Crippen molar-refractivity contribution in [3.8, 4) is 17.6 Å². The van der Waals surface area contributed by atoms with Crippen LogP contribution in [0, 0.1) is 17.7 Å². The van der Waals surface area contributed by atoms with Crippen molar-refractivity contribution < 1.29 is 28.2 Å². The van der Waals surface area contributed by atoms with E-state index >= 15 is 0 Å². The van der Waals surface area contributed by atoms with E-state index in [1.54, 1.807) is 33.9 Å². The molecule has 0 radical (unpaired) electrons. The van der Waals surface area contributed by atoms with Gasteiger partial charge in [0.15, 0.2) is 22.4 Å². The molecule has 0 spiro atoms. The van der Waals surface area contributed by atoms with Gasteiger partial charge in [0.2, 0.25) is 0 Å². The second-order valence-corrected chi connectivity index (χ2v) is 11.9. The van der Waals surface area contributed by atoms with Crippen molar-refractivity contribution in [2.45, 2.75) is 58.5 Å². The molecule has 1 aromatic heterocycles. The normalized spacial score (nSPS) is 11.0. The predicted octanol–water partition coefficient (Wildman–Crippen LogP) is 5.44. The number of unbranched alkanes of at least 4 members (excludes halogenated alkanes) is 2. The molecule has 0 unspecified atom stereocenters. The van der Waals surface area contributed by atoms with Crippen molar-refractivity contribution in [3.63, 3.8) is 0 Å². The van der Waals surface area contributed by atoms with E-state index in [-0.39, 0.29) is 18.9 Å². The van der Waals surface area contributed by atoms with E-state index in [4.69, 9.17) is 14.2 Å². The number of benzene rings is 1. The van der Waals surface area contributed by atoms with Gasteiger partial charge in [0.05, 0.1) is 20.3 Å². The molecule has 1 N–H and O–H groups in total. The number of hydrogen-bond donors (Lipinski definition) is 1. The van der Waals surface area contributed by atoms with Crippen LogP contribution in [-0.2, 0) is 15.9 Å². The maximum atomic E-state index is 14.6. The van der Waals surface area contributed by atoms with Gasteiger partial charge in [-0.15, -0.1) is 11.3 Å². The largest absolute Gasteiger partial charge is 0.491 e. The first-order valence-electron chi connectivity index (χ1n) is 13.7. The zero-order chi connectivity index (χ0) is 30.4. The number of carbonyl (C=O) groups excluding carboxylic acids is 2. The predicted molar refractivity (Wildman–Crippen MR) is 160 cm³/mol. The van der Waals surface area contributed by atoms with Gasteiger partial charge in [-0.05, 0) is 85.3 Å². The Hall–Kier alpha value is -3.36. The quantitative estimate of drug-likeness (QED) is 0.177. The summed E-state index contributed by atoms with van der Waals surface area (Å²) in [5.41, 5.74) is 0.185. The number of nitrogens with zero attached hydrogens (tertiary/aromatic N) is 3. The first-order chi connectivity index (χ1) is 19.4. The summed E-state index contributed by atoms with van der Waals surface area (Å²) in [6.07, 6.45) is 3.90. The van der Waals surface area contributed by atoms with Gasteiger partial charge in [-0.1, -0.05) is 18.3 Å². The Balaban J connectivity index is 1.85. The maximum Gasteiger partial charge on any atom is 0.410 e. The lowest BCUT2D eigenvalue weighted by Gasteiger charge is -2.23. The van der Waals surface area contributed by atoms with Crippen LogP contribution >= 0.6 is 11.3 Å². The third-order valence-electron chi connectivity index (χ3n) is 5.63. The fraction of sp³-hybridized carbons (Fsp3) is 0.567. The van der Waals surface area contributed by atoms with Crippen molar-refractivity contribution in [1.82, 2.24) is 14.8 Å². The minimum absolute atomic E-state index is 0.121. The highest BCUT2D eigenvalue weighted by Gasteiger charge is 2.20. The van der Waals surface area contributed by atoms with Gasteiger partial charge in [-0.2, -0.15) is 0 Å². The Morgan fingerprint density at radius 1 is 1.12 bits per heavy atom. The van der Waals surface area contributed by atoms with Crippen molar-refractivity contribution in [2.24, 2.45) is 0 Å². The number of carbonyl (C=O) groups is 2. The van der Waals surface area contributed by atoms with Crippen molar-refractivity contribution in [1.29, 1.82) is 0 Å². The van der Waals surface area contributed by atoms with Crippen molar-refractivity contribution in [2.75, 3.05) is 59.8 Å². The number of anilines is 1. The summed E-state index contributed by atoms with van der Waals surface area (Å²) in [6.45, 7) is 7.63. The Morgan fingerprint density at radius 2 is 1.88 bits per heavy atom. The number of hydrogen-bond acceptors (Lipinski definition) is 9. The fourth-order valence-electron chi connectivity index (χ4n) is 3.55. The molecular formula is C30H43FN4O5S. The van der Waals surface area contributed by atoms with E-state index < -0.39 is 23.5 Å². The average Bonchev–Trinajstić information content (AvgIpc) is 3.30. The third kappa shape index (κ3) is 12.8. The van der Waals surface area contributed by atoms with E-state index in [2.05, 4.69) is 41.1 Å². The highest BCUT2D eigenvalue weighted by Crippen LogP contribution is 2.26. The number of methoxy groups -OCH3 is 1. The lowest BCUT2D eigenvalue weighted by molar-refractivity contribution is 0.0320. The van der Waals surface area contributed by atoms with Crippen LogP contribution in [0.2, 0.25) is 0 Å². The molecule has 0 aliphatic heterocycles. The van der Waals surface area contributed by atoms with E-state index in [0.29, 0.717) is 29.2 Å². The van der Waals surface area contributed by atoms with Gasteiger partial charge >= 0.3 is 12.1 Å². The summed E-state index contributed by atoms with van der Waals surface area (Å²) in [6, 6.07) is 4.49. The number of rotatable bonds is 14. The summed E-state index contributed by atoms with van der Waals surface area (Å²) in [5, 5.41) is 3.99. The van der Waals surface area contributed by atoms with Gasteiger partial charge in [-0.25, -0.2) is 19.0 Å². The van der Waals surface area contributed by atoms with Gasteiger partial charge in [-0.3, -0.25) is 0 Å². The lowest BCUT2D eigenvalue weighted by atomic mass is 10.2. The third-order valence-corrected chi connectivity index (χ3v) is 6.70. The molecule has 2 aromatic rings. The summed E-state index contributed by atoms with van der Waals surface area (Å²) in [7, 11) is 7.06. The van der Waals surface area contributed by atoms with Crippen molar-refractivity contribution in [3.05, 3.63) is 40.2 Å². The van der Waals surface area contributed by atoms with Gasteiger partial charge in [0, 0.05) is 24.0 Å². The summed E-state index contributed by atoms with van der Waals surface area (Å²) in [4.78, 5) is 33.0. The van der Waals surface area contributed by atoms with E-state index in [0.717, 1.165) is 37.2 Å². The van der Waals surface area contributed by atoms with E-state index in [1.165, 1.54) is 35.5 Å². The molecule has 2 rings (SSSR count). The first kappa shape index (κ1) is 33.8. The number of aromatic nitrogens is 1. The van der Waals surface area contributed by atoms with Crippen LogP contribution in [-0.4, -0.2) is 86.9 Å². The topological polar surface area (TPSA) is 93.2 Å². The number of amides is 1. The maximum absolute atomic E-state index is 14.6. The molecule has 1 amide bonds. The van der Waals surface area contributed by atoms with E-state index in [9.17, 15) is 14.0 Å². The zero-order valence-electron chi connectivity index (χ0n) is 25.3. The first-order valence-corrected chi connectivity index (χ1v) is 14.5. The number of halogens is 1. The van der Waals surface area contributed by atoms with Crippen LogP contribution in [0.3, 0.4) is 0 Å². The van der Waals surface area contributed by atoms with Crippen molar-refractivity contribution >= 4 is 28.5 Å². The highest BCUT2D eigenvalue weighted by atomic mass is 32.1. The highest BCUT2D eigenvalue weighted by molar-refractivity contribution is 7.15. The van der Waals surface area contributed by atoms with Crippen LogP contribution in [0.25, 0.3) is 0 Å². The van der Waals surface area contributed by atoms with Crippen LogP contribution in [0.15, 0.2) is 18.2 Å². The monoisotopic (exact) mass is 590 g/mol. The minimum Gasteiger partial charge on any atom is -0.491 e. The number of esters is 1. The summed E-state index contributed by atoms with van der Waals surface area (Å²) >= 11 is 1.43. The zero-order valence-corrected chi connectivity index (χ0v) is 26.1. The van der Waals surface area contributed by atoms with E-state index in [1.807, 2.05) is 0 Å². The molecule has 0 atom stereocenters. The van der Waals surface area contributed by atoms with Gasteiger partial charge in [0.1, 0.15) is 5.60 Å². The van der Waals surface area contributed by atoms with Crippen LogP contribution in [0.4, 0.5) is 14.3 Å². The Labute approximate surface area is 247 Å². The molecule has 1 heterocycles. The molecule has 41 heavy (non-hydrogen) atoms. The smallest absolute Gasteiger partial charge is 0.410 e. The van der Waals surface area contributed by atoms with Crippen LogP contribution in [0.1, 0.15) is 67.4 Å². The minimum atomic E-state index is -0.590. The molecule has 11 heteroatoms. The molecule has 0 aliphatic carbocycles. The lowest BCUT2D eigenvalue weighted by Crippen LogP contribution is -2.34. The molecule has 0 fully saturated rings. The van der Waals surface area contributed by atoms with Crippen LogP contribution < -0.4 is 10.1 Å². The average molecular weight is 591 g/mol. The molecule has 226 valence electrons. The Bertz CT molecular complexity index is 1200. The molecule has 0 saturated heterocycles. The second kappa shape index (κ2) is 16.8. The Morgan fingerprint density at radius 3 is 2.54 bits per heavy atom. The molecule has 0 bridgehead atoms. The number of thiazole rings is 1. The Kier molecular flexibility index (Phi) is 13.9. The number of aryl methyl sites for hydroxylation is 1. The fourth-order valence-corrected chi connectivity index (χ4v) is 4.57. The molecule has 0 aliphatic rings. The number of nitrogens with one attached hydrogen (secondary N) is 1. The molecular weight excluding hydrogens is 547 g/mol. The molecule has 0 saturated carbocycles. The van der Waals surface area contributed by atoms with Gasteiger partial charge in [0.25, 0.3) is 0 Å². The standard InChI is InChI=1S/C30H43FN4O5S/c1-30(2,3)40-29(37)35(6)19-11-13-22-15-16-24(23(31)21-22)39-20-12-14-25-26(27(36)38-7)33-28(41-25)32-17-9-8-10-18-34(4)5/h15-16,21H,8-10,12,14,17-20H2,1-7H3,(H,32,33). The van der Waals surface area contributed by atoms with Gasteiger partial charge < -0.3 is 29.3 Å². The molecule has 9 nitrogen and oxygen atoms in total.